The average Bonchev–Trinajstić information content (AvgIpc) is 2.15. The van der Waals surface area contributed by atoms with Gasteiger partial charge in [0.1, 0.15) is 0 Å². The van der Waals surface area contributed by atoms with Gasteiger partial charge in [-0.2, -0.15) is 11.8 Å². The van der Waals surface area contributed by atoms with Gasteiger partial charge in [0.25, 0.3) is 0 Å². The molecule has 0 saturated carbocycles. The van der Waals surface area contributed by atoms with E-state index < -0.39 is 5.97 Å². The van der Waals surface area contributed by atoms with Crippen molar-refractivity contribution in [2.24, 2.45) is 0 Å². The first-order chi connectivity index (χ1) is 4.29. The summed E-state index contributed by atoms with van der Waals surface area (Å²) in [6.07, 6.45) is 2.27. The lowest BCUT2D eigenvalue weighted by molar-refractivity contribution is -0.131. The van der Waals surface area contributed by atoms with Gasteiger partial charge in [0.15, 0.2) is 0 Å². The second kappa shape index (κ2) is 2.92. The maximum absolute atomic E-state index is 10.1. The molecule has 0 spiro atoms. The SMILES string of the molecule is O=C(O)/C=C1/CCSC1. The molecule has 0 aromatic heterocycles. The summed E-state index contributed by atoms with van der Waals surface area (Å²) < 4.78 is 0. The van der Waals surface area contributed by atoms with Crippen LogP contribution in [0.4, 0.5) is 0 Å². The van der Waals surface area contributed by atoms with Crippen molar-refractivity contribution < 1.29 is 9.90 Å². The van der Waals surface area contributed by atoms with Crippen molar-refractivity contribution in [1.82, 2.24) is 0 Å². The van der Waals surface area contributed by atoms with Crippen LogP contribution in [0.3, 0.4) is 0 Å². The number of carboxylic acid groups (broad SMARTS) is 1. The molecule has 1 heterocycles. The summed E-state index contributed by atoms with van der Waals surface area (Å²) in [5.41, 5.74) is 1.06. The van der Waals surface area contributed by atoms with Crippen molar-refractivity contribution in [1.29, 1.82) is 0 Å². The molecule has 0 aromatic rings. The Morgan fingerprint density at radius 1 is 1.78 bits per heavy atom. The summed E-state index contributed by atoms with van der Waals surface area (Å²) >= 11 is 1.79. The highest BCUT2D eigenvalue weighted by Crippen LogP contribution is 2.21. The van der Waals surface area contributed by atoms with E-state index in [0.29, 0.717) is 0 Å². The van der Waals surface area contributed by atoms with Crippen LogP contribution in [-0.2, 0) is 4.79 Å². The normalized spacial score (nSPS) is 22.9. The fraction of sp³-hybridized carbons (Fsp3) is 0.500. The summed E-state index contributed by atoms with van der Waals surface area (Å²) in [5.74, 6) is 1.18. The predicted molar refractivity (Wildman–Crippen MR) is 37.7 cm³/mol. The number of rotatable bonds is 1. The Morgan fingerprint density at radius 3 is 3.00 bits per heavy atom. The minimum Gasteiger partial charge on any atom is -0.478 e. The van der Waals surface area contributed by atoms with Crippen molar-refractivity contribution in [2.75, 3.05) is 11.5 Å². The van der Waals surface area contributed by atoms with E-state index in [2.05, 4.69) is 0 Å². The van der Waals surface area contributed by atoms with Crippen molar-refractivity contribution in [2.45, 2.75) is 6.42 Å². The highest BCUT2D eigenvalue weighted by molar-refractivity contribution is 7.99. The van der Waals surface area contributed by atoms with Crippen LogP contribution >= 0.6 is 11.8 Å². The third-order valence-corrected chi connectivity index (χ3v) is 2.25. The molecule has 1 fully saturated rings. The molecule has 9 heavy (non-hydrogen) atoms. The molecule has 1 rings (SSSR count). The zero-order valence-electron chi connectivity index (χ0n) is 4.96. The molecule has 0 amide bonds. The molecular formula is C6H8O2S. The van der Waals surface area contributed by atoms with Gasteiger partial charge in [-0.1, -0.05) is 5.57 Å². The fourth-order valence-corrected chi connectivity index (χ4v) is 1.81. The first kappa shape index (κ1) is 6.68. The first-order valence-corrected chi connectivity index (χ1v) is 3.94. The number of carboxylic acids is 1. The van der Waals surface area contributed by atoms with Crippen LogP contribution in [0.25, 0.3) is 0 Å². The minimum absolute atomic E-state index is 0.813. The maximum Gasteiger partial charge on any atom is 0.328 e. The van der Waals surface area contributed by atoms with Gasteiger partial charge in [-0.05, 0) is 12.2 Å². The Labute approximate surface area is 57.9 Å². The lowest BCUT2D eigenvalue weighted by atomic mass is 10.2. The number of carbonyl (C=O) groups is 1. The molecule has 0 aliphatic carbocycles. The maximum atomic E-state index is 10.1. The Hall–Kier alpha value is -0.440. The first-order valence-electron chi connectivity index (χ1n) is 2.79. The van der Waals surface area contributed by atoms with Gasteiger partial charge < -0.3 is 5.11 Å². The zero-order chi connectivity index (χ0) is 6.69. The van der Waals surface area contributed by atoms with Crippen LogP contribution in [0, 0.1) is 0 Å². The highest BCUT2D eigenvalue weighted by atomic mass is 32.2. The fourth-order valence-electron chi connectivity index (χ4n) is 0.767. The smallest absolute Gasteiger partial charge is 0.328 e. The van der Waals surface area contributed by atoms with Crippen molar-refractivity contribution in [3.8, 4) is 0 Å². The zero-order valence-corrected chi connectivity index (χ0v) is 5.78. The molecule has 0 atom stereocenters. The molecule has 0 aromatic carbocycles. The van der Waals surface area contributed by atoms with Gasteiger partial charge in [0.2, 0.25) is 0 Å². The number of hydrogen-bond donors (Lipinski definition) is 1. The number of aliphatic carboxylic acids is 1. The molecule has 0 unspecified atom stereocenters. The third kappa shape index (κ3) is 2.10. The molecule has 1 saturated heterocycles. The molecule has 1 aliphatic rings. The third-order valence-electron chi connectivity index (χ3n) is 1.18. The Balaban J connectivity index is 2.49. The lowest BCUT2D eigenvalue weighted by Crippen LogP contribution is -1.90. The van der Waals surface area contributed by atoms with Crippen molar-refractivity contribution in [3.05, 3.63) is 11.6 Å². The quantitative estimate of drug-likeness (QED) is 0.560. The summed E-state index contributed by atoms with van der Waals surface area (Å²) in [6.45, 7) is 0. The second-order valence-electron chi connectivity index (χ2n) is 1.94. The summed E-state index contributed by atoms with van der Waals surface area (Å²) in [7, 11) is 0. The topological polar surface area (TPSA) is 37.3 Å². The van der Waals surface area contributed by atoms with Crippen LogP contribution in [0.1, 0.15) is 6.42 Å². The molecule has 1 N–H and O–H groups in total. The summed E-state index contributed by atoms with van der Waals surface area (Å²) in [6, 6.07) is 0. The van der Waals surface area contributed by atoms with E-state index in [9.17, 15) is 4.79 Å². The largest absolute Gasteiger partial charge is 0.478 e. The van der Waals surface area contributed by atoms with Gasteiger partial charge in [-0.25, -0.2) is 4.79 Å². The summed E-state index contributed by atoms with van der Waals surface area (Å²) in [5, 5.41) is 8.29. The van der Waals surface area contributed by atoms with E-state index in [1.165, 1.54) is 6.08 Å². The number of hydrogen-bond acceptors (Lipinski definition) is 2. The van der Waals surface area contributed by atoms with E-state index >= 15 is 0 Å². The second-order valence-corrected chi connectivity index (χ2v) is 3.05. The Morgan fingerprint density at radius 2 is 2.56 bits per heavy atom. The molecule has 1 aliphatic heterocycles. The molecule has 3 heteroatoms. The minimum atomic E-state index is -0.813. The molecular weight excluding hydrogens is 136 g/mol. The lowest BCUT2D eigenvalue weighted by Gasteiger charge is -1.87. The molecule has 50 valence electrons. The van der Waals surface area contributed by atoms with E-state index in [1.54, 1.807) is 11.8 Å². The van der Waals surface area contributed by atoms with Gasteiger partial charge in [0, 0.05) is 11.8 Å². The van der Waals surface area contributed by atoms with Gasteiger partial charge in [-0.3, -0.25) is 0 Å². The van der Waals surface area contributed by atoms with Gasteiger partial charge in [0.05, 0.1) is 0 Å². The standard InChI is InChI=1S/C6H8O2S/c7-6(8)3-5-1-2-9-4-5/h3H,1-2,4H2,(H,7,8)/b5-3-. The van der Waals surface area contributed by atoms with E-state index in [1.807, 2.05) is 0 Å². The van der Waals surface area contributed by atoms with Crippen molar-refractivity contribution in [3.63, 3.8) is 0 Å². The molecule has 0 radical (unpaired) electrons. The Kier molecular flexibility index (Phi) is 2.16. The predicted octanol–water partition coefficient (Wildman–Crippen LogP) is 1.13. The number of thioether (sulfide) groups is 1. The van der Waals surface area contributed by atoms with Crippen LogP contribution in [0.5, 0.6) is 0 Å². The van der Waals surface area contributed by atoms with Gasteiger partial charge >= 0.3 is 5.97 Å². The molecule has 0 bridgehead atoms. The highest BCUT2D eigenvalue weighted by Gasteiger charge is 2.07. The summed E-state index contributed by atoms with van der Waals surface area (Å²) in [4.78, 5) is 10.1. The molecule has 2 nitrogen and oxygen atoms in total. The average molecular weight is 144 g/mol. The van der Waals surface area contributed by atoms with Crippen LogP contribution in [0.2, 0.25) is 0 Å². The van der Waals surface area contributed by atoms with E-state index in [-0.39, 0.29) is 0 Å². The van der Waals surface area contributed by atoms with Crippen LogP contribution < -0.4 is 0 Å². The van der Waals surface area contributed by atoms with Gasteiger partial charge in [-0.15, -0.1) is 0 Å². The van der Waals surface area contributed by atoms with E-state index in [4.69, 9.17) is 5.11 Å². The van der Waals surface area contributed by atoms with Crippen molar-refractivity contribution >= 4 is 17.7 Å². The van der Waals surface area contributed by atoms with Crippen LogP contribution in [-0.4, -0.2) is 22.6 Å². The monoisotopic (exact) mass is 144 g/mol. The Bertz CT molecular complexity index is 143. The van der Waals surface area contributed by atoms with Crippen LogP contribution in [0.15, 0.2) is 11.6 Å². The van der Waals surface area contributed by atoms with E-state index in [0.717, 1.165) is 23.5 Å².